The van der Waals surface area contributed by atoms with Gasteiger partial charge < -0.3 is 15.2 Å². The lowest BCUT2D eigenvalue weighted by atomic mass is 10.1. The van der Waals surface area contributed by atoms with E-state index in [1.165, 1.54) is 24.3 Å². The molecule has 0 saturated carbocycles. The highest BCUT2D eigenvalue weighted by Gasteiger charge is 2.30. The molecule has 0 aliphatic rings. The summed E-state index contributed by atoms with van der Waals surface area (Å²) >= 11 is 0. The molecule has 0 aromatic heterocycles. The Morgan fingerprint density at radius 3 is 2.43 bits per heavy atom. The number of halogens is 1. The third-order valence-corrected chi connectivity index (χ3v) is 2.90. The van der Waals surface area contributed by atoms with Gasteiger partial charge in [-0.1, -0.05) is 0 Å². The summed E-state index contributed by atoms with van der Waals surface area (Å²) in [5.74, 6) is -1.26. The van der Waals surface area contributed by atoms with Crippen molar-refractivity contribution in [2.45, 2.75) is 45.3 Å². The summed E-state index contributed by atoms with van der Waals surface area (Å²) in [6, 6.07) is 5.11. The van der Waals surface area contributed by atoms with Gasteiger partial charge in [-0.15, -0.1) is 0 Å². The molecule has 1 atom stereocenters. The summed E-state index contributed by atoms with van der Waals surface area (Å²) in [4.78, 5) is 22.6. The molecule has 0 bridgehead atoms. The maximum atomic E-state index is 12.8. The van der Waals surface area contributed by atoms with Crippen molar-refractivity contribution in [3.63, 3.8) is 0 Å². The van der Waals surface area contributed by atoms with Gasteiger partial charge in [-0.2, -0.15) is 0 Å². The van der Waals surface area contributed by atoms with Crippen molar-refractivity contribution < 1.29 is 23.8 Å². The Hall–Kier alpha value is -2.11. The zero-order valence-electron chi connectivity index (χ0n) is 12.4. The van der Waals surface area contributed by atoms with Gasteiger partial charge in [0.1, 0.15) is 11.6 Å². The van der Waals surface area contributed by atoms with Crippen LogP contribution in [0, 0.1) is 5.82 Å². The van der Waals surface area contributed by atoms with Crippen LogP contribution in [-0.2, 0) is 9.59 Å². The number of hydrogen-bond acceptors (Lipinski definition) is 3. The maximum absolute atomic E-state index is 12.8. The van der Waals surface area contributed by atoms with Crippen LogP contribution in [0.3, 0.4) is 0 Å². The number of carbonyl (C=O) groups excluding carboxylic acids is 1. The van der Waals surface area contributed by atoms with Crippen molar-refractivity contribution in [3.8, 4) is 5.75 Å². The molecule has 1 unspecified atom stereocenters. The molecule has 0 fully saturated rings. The molecule has 1 rings (SSSR count). The summed E-state index contributed by atoms with van der Waals surface area (Å²) < 4.78 is 18.4. The lowest BCUT2D eigenvalue weighted by Gasteiger charge is -2.27. The summed E-state index contributed by atoms with van der Waals surface area (Å²) in [6.07, 6.45) is 0.328. The number of aliphatic carboxylic acids is 1. The van der Waals surface area contributed by atoms with E-state index in [9.17, 15) is 14.0 Å². The lowest BCUT2D eigenvalue weighted by molar-refractivity contribution is -0.138. The first kappa shape index (κ1) is 16.9. The zero-order valence-corrected chi connectivity index (χ0v) is 12.4. The first-order chi connectivity index (χ1) is 9.70. The van der Waals surface area contributed by atoms with Gasteiger partial charge in [-0.3, -0.25) is 9.59 Å². The van der Waals surface area contributed by atoms with Crippen molar-refractivity contribution in [2.75, 3.05) is 0 Å². The van der Waals surface area contributed by atoms with Crippen LogP contribution in [-0.4, -0.2) is 28.6 Å². The van der Waals surface area contributed by atoms with E-state index in [4.69, 9.17) is 9.84 Å². The maximum Gasteiger partial charge on any atom is 0.303 e. The van der Waals surface area contributed by atoms with Gasteiger partial charge in [0, 0.05) is 12.5 Å². The molecule has 2 N–H and O–H groups in total. The van der Waals surface area contributed by atoms with Crippen molar-refractivity contribution in [1.82, 2.24) is 5.32 Å². The van der Waals surface area contributed by atoms with Crippen LogP contribution < -0.4 is 10.1 Å². The van der Waals surface area contributed by atoms with Gasteiger partial charge in [0.15, 0.2) is 5.60 Å². The largest absolute Gasteiger partial charge is 0.481 e. The molecule has 6 heteroatoms. The highest BCUT2D eigenvalue weighted by Crippen LogP contribution is 2.19. The van der Waals surface area contributed by atoms with E-state index in [2.05, 4.69) is 5.32 Å². The van der Waals surface area contributed by atoms with E-state index in [1.807, 2.05) is 0 Å². The van der Waals surface area contributed by atoms with Crippen LogP contribution in [0.2, 0.25) is 0 Å². The fraction of sp³-hybridized carbons (Fsp3) is 0.467. The van der Waals surface area contributed by atoms with Crippen molar-refractivity contribution in [2.24, 2.45) is 0 Å². The molecule has 0 heterocycles. The quantitative estimate of drug-likeness (QED) is 0.810. The SMILES string of the molecule is CC(CCC(=O)O)NC(=O)C(C)(C)Oc1ccc(F)cc1. The van der Waals surface area contributed by atoms with E-state index in [1.54, 1.807) is 20.8 Å². The Labute approximate surface area is 123 Å². The molecule has 0 aliphatic heterocycles. The second-order valence-electron chi connectivity index (χ2n) is 5.37. The highest BCUT2D eigenvalue weighted by molar-refractivity contribution is 5.85. The Kier molecular flexibility index (Phi) is 5.69. The van der Waals surface area contributed by atoms with Gasteiger partial charge in [-0.05, 0) is 51.5 Å². The standard InChI is InChI=1S/C15H20FNO4/c1-10(4-9-13(18)19)17-14(20)15(2,3)21-12-7-5-11(16)6-8-12/h5-8,10H,4,9H2,1-3H3,(H,17,20)(H,18,19). The van der Waals surface area contributed by atoms with Gasteiger partial charge in [0.25, 0.3) is 5.91 Å². The normalized spacial score (nSPS) is 12.6. The summed E-state index contributed by atoms with van der Waals surface area (Å²) in [7, 11) is 0. The minimum atomic E-state index is -1.14. The van der Waals surface area contributed by atoms with Crippen LogP contribution in [0.4, 0.5) is 4.39 Å². The van der Waals surface area contributed by atoms with Crippen LogP contribution in [0.5, 0.6) is 5.75 Å². The zero-order chi connectivity index (χ0) is 16.0. The molecule has 1 aromatic carbocycles. The van der Waals surface area contributed by atoms with Gasteiger partial charge in [0.05, 0.1) is 0 Å². The number of rotatable bonds is 7. The van der Waals surface area contributed by atoms with Crippen molar-refractivity contribution >= 4 is 11.9 Å². The van der Waals surface area contributed by atoms with Crippen molar-refractivity contribution in [1.29, 1.82) is 0 Å². The first-order valence-corrected chi connectivity index (χ1v) is 6.68. The van der Waals surface area contributed by atoms with Gasteiger partial charge in [0.2, 0.25) is 0 Å². The minimum Gasteiger partial charge on any atom is -0.481 e. The second kappa shape index (κ2) is 7.06. The second-order valence-corrected chi connectivity index (χ2v) is 5.37. The Balaban J connectivity index is 2.58. The topological polar surface area (TPSA) is 75.6 Å². The smallest absolute Gasteiger partial charge is 0.303 e. The molecule has 0 aliphatic carbocycles. The molecule has 1 amide bonds. The number of amides is 1. The third kappa shape index (κ3) is 5.81. The predicted octanol–water partition coefficient (Wildman–Crippen LogP) is 2.35. The number of carboxylic acid groups (broad SMARTS) is 1. The molecule has 1 aromatic rings. The number of nitrogens with one attached hydrogen (secondary N) is 1. The van der Waals surface area contributed by atoms with Crippen molar-refractivity contribution in [3.05, 3.63) is 30.1 Å². The Morgan fingerprint density at radius 1 is 1.33 bits per heavy atom. The number of carbonyl (C=O) groups is 2. The van der Waals surface area contributed by atoms with E-state index in [-0.39, 0.29) is 24.2 Å². The van der Waals surface area contributed by atoms with Gasteiger partial charge in [-0.25, -0.2) is 4.39 Å². The highest BCUT2D eigenvalue weighted by atomic mass is 19.1. The lowest BCUT2D eigenvalue weighted by Crippen LogP contribution is -2.49. The number of carboxylic acids is 1. The van der Waals surface area contributed by atoms with Crippen LogP contribution in [0.25, 0.3) is 0 Å². The fourth-order valence-electron chi connectivity index (χ4n) is 1.65. The summed E-state index contributed by atoms with van der Waals surface area (Å²) in [5, 5.41) is 11.3. The minimum absolute atomic E-state index is 0.0132. The Bertz CT molecular complexity index is 499. The molecule has 5 nitrogen and oxygen atoms in total. The van der Waals surface area contributed by atoms with Gasteiger partial charge >= 0.3 is 5.97 Å². The third-order valence-electron chi connectivity index (χ3n) is 2.90. The van der Waals surface area contributed by atoms with E-state index < -0.39 is 11.6 Å². The number of hydrogen-bond donors (Lipinski definition) is 2. The molecular weight excluding hydrogens is 277 g/mol. The molecule has 0 saturated heterocycles. The molecule has 21 heavy (non-hydrogen) atoms. The average Bonchev–Trinajstić information content (AvgIpc) is 2.39. The Morgan fingerprint density at radius 2 is 1.90 bits per heavy atom. The monoisotopic (exact) mass is 297 g/mol. The average molecular weight is 297 g/mol. The molecule has 0 radical (unpaired) electrons. The molecule has 116 valence electrons. The van der Waals surface area contributed by atoms with Crippen LogP contribution in [0.15, 0.2) is 24.3 Å². The number of ether oxygens (including phenoxy) is 1. The van der Waals surface area contributed by atoms with E-state index in [0.717, 1.165) is 0 Å². The first-order valence-electron chi connectivity index (χ1n) is 6.68. The molecule has 0 spiro atoms. The van der Waals surface area contributed by atoms with E-state index in [0.29, 0.717) is 12.2 Å². The van der Waals surface area contributed by atoms with E-state index >= 15 is 0 Å². The fourth-order valence-corrected chi connectivity index (χ4v) is 1.65. The summed E-state index contributed by atoms with van der Waals surface area (Å²) in [6.45, 7) is 4.92. The molecular formula is C15H20FNO4. The predicted molar refractivity (Wildman–Crippen MR) is 75.6 cm³/mol. The summed E-state index contributed by atoms with van der Waals surface area (Å²) in [5.41, 5.74) is -1.14. The van der Waals surface area contributed by atoms with Crippen LogP contribution in [0.1, 0.15) is 33.6 Å². The number of benzene rings is 1. The van der Waals surface area contributed by atoms with Crippen LogP contribution >= 0.6 is 0 Å².